The maximum atomic E-state index is 11.7. The minimum absolute atomic E-state index is 0.0530. The van der Waals surface area contributed by atoms with Crippen LogP contribution < -0.4 is 4.90 Å². The van der Waals surface area contributed by atoms with Gasteiger partial charge in [0.05, 0.1) is 0 Å². The van der Waals surface area contributed by atoms with E-state index in [-0.39, 0.29) is 5.91 Å². The lowest BCUT2D eigenvalue weighted by Crippen LogP contribution is -2.30. The Bertz CT molecular complexity index is 657. The van der Waals surface area contributed by atoms with Crippen molar-refractivity contribution in [2.75, 3.05) is 4.90 Å². The van der Waals surface area contributed by atoms with Crippen LogP contribution in [0.2, 0.25) is 0 Å². The van der Waals surface area contributed by atoms with Crippen molar-refractivity contribution in [3.63, 3.8) is 0 Å². The molecule has 21 heavy (non-hydrogen) atoms. The molecule has 2 aromatic rings. The summed E-state index contributed by atoms with van der Waals surface area (Å²) in [5.41, 5.74) is 1.23. The minimum Gasteiger partial charge on any atom is -0.284 e. The van der Waals surface area contributed by atoms with E-state index in [4.69, 9.17) is 0 Å². The summed E-state index contributed by atoms with van der Waals surface area (Å²) in [5.74, 6) is 0.898. The Balaban J connectivity index is 1.66. The quantitative estimate of drug-likeness (QED) is 0.575. The van der Waals surface area contributed by atoms with E-state index in [2.05, 4.69) is 38.3 Å². The molecular weight excluding hydrogens is 370 g/mol. The lowest BCUT2D eigenvalue weighted by molar-refractivity contribution is -0.116. The van der Waals surface area contributed by atoms with E-state index in [9.17, 15) is 4.79 Å². The standard InChI is InChI=1S/C14H14BrN3OS2/c1-9(19)18(12-5-6-12)13-16-17-14(21-13)20-8-10-3-2-4-11(15)7-10/h2-4,7,12H,5-6,8H2,1H3. The molecule has 0 atom stereocenters. The van der Waals surface area contributed by atoms with Gasteiger partial charge >= 0.3 is 0 Å². The van der Waals surface area contributed by atoms with Crippen molar-refractivity contribution in [1.82, 2.24) is 10.2 Å². The zero-order valence-electron chi connectivity index (χ0n) is 11.5. The molecule has 1 aliphatic rings. The van der Waals surface area contributed by atoms with E-state index in [1.165, 1.54) is 16.9 Å². The molecule has 0 spiro atoms. The molecule has 3 rings (SSSR count). The highest BCUT2D eigenvalue weighted by Crippen LogP contribution is 2.36. The summed E-state index contributed by atoms with van der Waals surface area (Å²) < 4.78 is 1.98. The molecule has 0 unspecified atom stereocenters. The van der Waals surface area contributed by atoms with Crippen LogP contribution in [0, 0.1) is 0 Å². The summed E-state index contributed by atoms with van der Waals surface area (Å²) >= 11 is 6.62. The lowest BCUT2D eigenvalue weighted by Gasteiger charge is -2.15. The number of carbonyl (C=O) groups excluding carboxylic acids is 1. The topological polar surface area (TPSA) is 46.1 Å². The summed E-state index contributed by atoms with van der Waals surface area (Å²) in [6, 6.07) is 8.55. The van der Waals surface area contributed by atoms with Gasteiger partial charge in [-0.1, -0.05) is 51.2 Å². The van der Waals surface area contributed by atoms with Crippen molar-refractivity contribution in [2.45, 2.75) is 35.9 Å². The Kier molecular flexibility index (Phi) is 4.61. The first-order valence-electron chi connectivity index (χ1n) is 6.64. The van der Waals surface area contributed by atoms with Gasteiger partial charge in [0.1, 0.15) is 0 Å². The molecule has 4 nitrogen and oxygen atoms in total. The first-order chi connectivity index (χ1) is 10.1. The predicted octanol–water partition coefficient (Wildman–Crippen LogP) is 4.11. The van der Waals surface area contributed by atoms with E-state index in [1.807, 2.05) is 12.1 Å². The Hall–Kier alpha value is -0.920. The average molecular weight is 384 g/mol. The Morgan fingerprint density at radius 1 is 1.48 bits per heavy atom. The summed E-state index contributed by atoms with van der Waals surface area (Å²) in [5, 5.41) is 9.09. The maximum absolute atomic E-state index is 11.7. The lowest BCUT2D eigenvalue weighted by atomic mass is 10.2. The average Bonchev–Trinajstić information content (AvgIpc) is 3.15. The third-order valence-corrected chi connectivity index (χ3v) is 5.72. The van der Waals surface area contributed by atoms with E-state index in [0.29, 0.717) is 6.04 Å². The van der Waals surface area contributed by atoms with Gasteiger partial charge in [-0.2, -0.15) is 0 Å². The highest BCUT2D eigenvalue weighted by molar-refractivity contribution is 9.10. The van der Waals surface area contributed by atoms with Crippen LogP contribution in [0.5, 0.6) is 0 Å². The molecule has 1 fully saturated rings. The van der Waals surface area contributed by atoms with Crippen LogP contribution in [-0.2, 0) is 10.5 Å². The highest BCUT2D eigenvalue weighted by Gasteiger charge is 2.34. The number of halogens is 1. The second-order valence-corrected chi connectivity index (χ2v) is 7.98. The molecule has 1 heterocycles. The zero-order valence-corrected chi connectivity index (χ0v) is 14.7. The Morgan fingerprint density at radius 3 is 2.95 bits per heavy atom. The molecule has 0 radical (unpaired) electrons. The fourth-order valence-corrected chi connectivity index (χ4v) is 4.36. The molecule has 0 saturated heterocycles. The number of thioether (sulfide) groups is 1. The van der Waals surface area contributed by atoms with Crippen molar-refractivity contribution in [3.8, 4) is 0 Å². The second-order valence-electron chi connectivity index (χ2n) is 4.89. The van der Waals surface area contributed by atoms with Crippen LogP contribution in [0.25, 0.3) is 0 Å². The number of amides is 1. The molecule has 110 valence electrons. The van der Waals surface area contributed by atoms with Crippen LogP contribution in [0.4, 0.5) is 5.13 Å². The molecule has 7 heteroatoms. The van der Waals surface area contributed by atoms with Gasteiger partial charge in [-0.3, -0.25) is 9.69 Å². The molecule has 0 N–H and O–H groups in total. The number of rotatable bonds is 5. The summed E-state index contributed by atoms with van der Waals surface area (Å²) in [6.07, 6.45) is 2.14. The number of hydrogen-bond donors (Lipinski definition) is 0. The van der Waals surface area contributed by atoms with Gasteiger partial charge in [0.25, 0.3) is 0 Å². The van der Waals surface area contributed by atoms with Gasteiger partial charge in [-0.25, -0.2) is 0 Å². The van der Waals surface area contributed by atoms with Crippen LogP contribution in [0.1, 0.15) is 25.3 Å². The first-order valence-corrected chi connectivity index (χ1v) is 9.23. The van der Waals surface area contributed by atoms with Crippen molar-refractivity contribution in [1.29, 1.82) is 0 Å². The fourth-order valence-electron chi connectivity index (χ4n) is 2.01. The molecular formula is C14H14BrN3OS2. The maximum Gasteiger partial charge on any atom is 0.225 e. The summed E-state index contributed by atoms with van der Waals surface area (Å²) in [6.45, 7) is 1.59. The molecule has 1 aromatic heterocycles. The molecule has 1 aromatic carbocycles. The number of aromatic nitrogens is 2. The summed E-state index contributed by atoms with van der Waals surface area (Å²) in [7, 11) is 0. The van der Waals surface area contributed by atoms with Crippen molar-refractivity contribution in [3.05, 3.63) is 34.3 Å². The van der Waals surface area contributed by atoms with Crippen LogP contribution in [0.3, 0.4) is 0 Å². The normalized spacial score (nSPS) is 14.2. The monoisotopic (exact) mass is 383 g/mol. The molecule has 1 amide bonds. The van der Waals surface area contributed by atoms with Gasteiger partial charge in [0.15, 0.2) is 4.34 Å². The first kappa shape index (κ1) is 15.0. The fraction of sp³-hybridized carbons (Fsp3) is 0.357. The van der Waals surface area contributed by atoms with Crippen LogP contribution in [0.15, 0.2) is 33.1 Å². The number of carbonyl (C=O) groups is 1. The largest absolute Gasteiger partial charge is 0.284 e. The third kappa shape index (κ3) is 3.84. The Labute approximate surface area is 140 Å². The number of anilines is 1. The molecule has 0 bridgehead atoms. The molecule has 1 aliphatic carbocycles. The Morgan fingerprint density at radius 2 is 2.29 bits per heavy atom. The van der Waals surface area contributed by atoms with Gasteiger partial charge < -0.3 is 0 Å². The molecule has 1 saturated carbocycles. The third-order valence-electron chi connectivity index (χ3n) is 3.10. The van der Waals surface area contributed by atoms with Gasteiger partial charge in [0.2, 0.25) is 11.0 Å². The van der Waals surface area contributed by atoms with E-state index >= 15 is 0 Å². The van der Waals surface area contributed by atoms with Crippen LogP contribution in [-0.4, -0.2) is 22.1 Å². The van der Waals surface area contributed by atoms with Gasteiger partial charge in [0, 0.05) is 23.2 Å². The van der Waals surface area contributed by atoms with Crippen LogP contribution >= 0.6 is 39.0 Å². The molecule has 0 aliphatic heterocycles. The number of nitrogens with zero attached hydrogens (tertiary/aromatic N) is 3. The smallest absolute Gasteiger partial charge is 0.225 e. The van der Waals surface area contributed by atoms with Crippen molar-refractivity contribution in [2.24, 2.45) is 0 Å². The minimum atomic E-state index is 0.0530. The van der Waals surface area contributed by atoms with Gasteiger partial charge in [-0.05, 0) is 30.5 Å². The zero-order chi connectivity index (χ0) is 14.8. The van der Waals surface area contributed by atoms with Crippen molar-refractivity contribution < 1.29 is 4.79 Å². The highest BCUT2D eigenvalue weighted by atomic mass is 79.9. The van der Waals surface area contributed by atoms with Crippen molar-refractivity contribution >= 4 is 50.1 Å². The van der Waals surface area contributed by atoms with E-state index < -0.39 is 0 Å². The summed E-state index contributed by atoms with van der Waals surface area (Å²) in [4.78, 5) is 13.5. The second kappa shape index (κ2) is 6.46. The number of hydrogen-bond acceptors (Lipinski definition) is 5. The van der Waals surface area contributed by atoms with Gasteiger partial charge in [-0.15, -0.1) is 10.2 Å². The van der Waals surface area contributed by atoms with E-state index in [0.717, 1.165) is 32.5 Å². The predicted molar refractivity (Wildman–Crippen MR) is 89.8 cm³/mol. The SMILES string of the molecule is CC(=O)N(c1nnc(SCc2cccc(Br)c2)s1)C1CC1. The number of benzene rings is 1. The van der Waals surface area contributed by atoms with E-state index in [1.54, 1.807) is 23.6 Å².